The minimum atomic E-state index is -0.609. The summed E-state index contributed by atoms with van der Waals surface area (Å²) in [5.74, 6) is -0.951. The lowest BCUT2D eigenvalue weighted by Crippen LogP contribution is -2.25. The van der Waals surface area contributed by atoms with Crippen LogP contribution in [-0.4, -0.2) is 19.0 Å². The lowest BCUT2D eigenvalue weighted by atomic mass is 10.1. The zero-order chi connectivity index (χ0) is 12.8. The van der Waals surface area contributed by atoms with Gasteiger partial charge in [-0.2, -0.15) is 0 Å². The van der Waals surface area contributed by atoms with Crippen molar-refractivity contribution in [3.8, 4) is 0 Å². The maximum Gasteiger partial charge on any atom is 0.354 e. The number of esters is 1. The minimum Gasteiger partial charge on any atom is -0.464 e. The van der Waals surface area contributed by atoms with Crippen molar-refractivity contribution in [3.05, 3.63) is 35.5 Å². The van der Waals surface area contributed by atoms with Gasteiger partial charge in [-0.15, -0.1) is 0 Å². The number of hydrogen-bond donors (Lipinski definition) is 2. The smallest absolute Gasteiger partial charge is 0.354 e. The average molecular weight is 234 g/mol. The molecule has 1 rings (SSSR count). The summed E-state index contributed by atoms with van der Waals surface area (Å²) in [6.07, 6.45) is 1.50. The number of benzene rings is 1. The molecule has 0 aliphatic rings. The van der Waals surface area contributed by atoms with Crippen LogP contribution in [0.15, 0.2) is 30.0 Å². The van der Waals surface area contributed by atoms with Crippen molar-refractivity contribution in [1.82, 2.24) is 5.32 Å². The molecule has 1 aromatic carbocycles. The van der Waals surface area contributed by atoms with Crippen LogP contribution < -0.4 is 11.1 Å². The first-order valence-corrected chi connectivity index (χ1v) is 4.96. The predicted molar refractivity (Wildman–Crippen MR) is 64.7 cm³/mol. The summed E-state index contributed by atoms with van der Waals surface area (Å²) in [7, 11) is 1.25. The van der Waals surface area contributed by atoms with E-state index in [1.54, 1.807) is 24.3 Å². The summed E-state index contributed by atoms with van der Waals surface area (Å²) < 4.78 is 4.56. The molecule has 5 heteroatoms. The normalized spacial score (nSPS) is 10.8. The Labute approximate surface area is 99.3 Å². The Morgan fingerprint density at radius 1 is 1.41 bits per heavy atom. The van der Waals surface area contributed by atoms with Gasteiger partial charge in [-0.3, -0.25) is 4.79 Å². The standard InChI is InChI=1S/C12H14N2O3/c1-8(15)14-11(12(16)17-2)7-9-4-3-5-10(13)6-9/h3-7H,13H2,1-2H3,(H,14,15). The summed E-state index contributed by atoms with van der Waals surface area (Å²) in [6.45, 7) is 1.32. The van der Waals surface area contributed by atoms with Crippen molar-refractivity contribution in [1.29, 1.82) is 0 Å². The third kappa shape index (κ3) is 3.98. The molecule has 3 N–H and O–H groups in total. The molecule has 0 saturated carbocycles. The Morgan fingerprint density at radius 3 is 2.65 bits per heavy atom. The van der Waals surface area contributed by atoms with E-state index in [9.17, 15) is 9.59 Å². The monoisotopic (exact) mass is 234 g/mol. The second kappa shape index (κ2) is 5.69. The van der Waals surface area contributed by atoms with Crippen LogP contribution in [-0.2, 0) is 14.3 Å². The third-order valence-corrected chi connectivity index (χ3v) is 1.94. The van der Waals surface area contributed by atoms with Crippen LogP contribution in [0.1, 0.15) is 12.5 Å². The van der Waals surface area contributed by atoms with Gasteiger partial charge in [0.05, 0.1) is 7.11 Å². The highest BCUT2D eigenvalue weighted by atomic mass is 16.5. The first-order valence-electron chi connectivity index (χ1n) is 4.96. The Balaban J connectivity index is 3.04. The molecule has 0 aliphatic heterocycles. The molecule has 0 bridgehead atoms. The fourth-order valence-corrected chi connectivity index (χ4v) is 1.26. The van der Waals surface area contributed by atoms with Crippen LogP contribution in [0.25, 0.3) is 6.08 Å². The Bertz CT molecular complexity index is 467. The number of carbonyl (C=O) groups is 2. The zero-order valence-electron chi connectivity index (χ0n) is 9.69. The molecule has 5 nitrogen and oxygen atoms in total. The molecule has 17 heavy (non-hydrogen) atoms. The lowest BCUT2D eigenvalue weighted by Gasteiger charge is -2.06. The molecule has 0 heterocycles. The molecule has 0 fully saturated rings. The molecular weight excluding hydrogens is 220 g/mol. The SMILES string of the molecule is COC(=O)C(=Cc1cccc(N)c1)NC(C)=O. The second-order valence-corrected chi connectivity index (χ2v) is 3.40. The summed E-state index contributed by atoms with van der Waals surface area (Å²) >= 11 is 0. The van der Waals surface area contributed by atoms with E-state index in [0.717, 1.165) is 0 Å². The van der Waals surface area contributed by atoms with Gasteiger partial charge < -0.3 is 15.8 Å². The Morgan fingerprint density at radius 2 is 2.12 bits per heavy atom. The Kier molecular flexibility index (Phi) is 4.28. The minimum absolute atomic E-state index is 0.0746. The molecule has 0 saturated heterocycles. The summed E-state index contributed by atoms with van der Waals surface area (Å²) in [6, 6.07) is 6.93. The number of anilines is 1. The lowest BCUT2D eigenvalue weighted by molar-refractivity contribution is -0.137. The molecule has 0 aliphatic carbocycles. The van der Waals surface area contributed by atoms with E-state index in [2.05, 4.69) is 10.1 Å². The van der Waals surface area contributed by atoms with Crippen LogP contribution in [0.2, 0.25) is 0 Å². The fourth-order valence-electron chi connectivity index (χ4n) is 1.26. The molecule has 0 spiro atoms. The molecule has 90 valence electrons. The van der Waals surface area contributed by atoms with Gasteiger partial charge in [-0.1, -0.05) is 12.1 Å². The van der Waals surface area contributed by atoms with Gasteiger partial charge in [0, 0.05) is 12.6 Å². The largest absolute Gasteiger partial charge is 0.464 e. The first-order chi connectivity index (χ1) is 8.02. The van der Waals surface area contributed by atoms with Gasteiger partial charge in [0.2, 0.25) is 5.91 Å². The van der Waals surface area contributed by atoms with E-state index in [1.807, 2.05) is 0 Å². The van der Waals surface area contributed by atoms with Gasteiger partial charge in [-0.25, -0.2) is 4.79 Å². The van der Waals surface area contributed by atoms with Crippen LogP contribution in [0.3, 0.4) is 0 Å². The van der Waals surface area contributed by atoms with Gasteiger partial charge in [-0.05, 0) is 23.8 Å². The van der Waals surface area contributed by atoms with Crippen molar-refractivity contribution in [3.63, 3.8) is 0 Å². The van der Waals surface area contributed by atoms with E-state index >= 15 is 0 Å². The zero-order valence-corrected chi connectivity index (χ0v) is 9.69. The number of nitrogens with one attached hydrogen (secondary N) is 1. The van der Waals surface area contributed by atoms with Crippen molar-refractivity contribution in [2.24, 2.45) is 0 Å². The number of rotatable bonds is 3. The topological polar surface area (TPSA) is 81.4 Å². The maximum atomic E-state index is 11.4. The molecule has 0 radical (unpaired) electrons. The van der Waals surface area contributed by atoms with Crippen LogP contribution in [0.4, 0.5) is 5.69 Å². The van der Waals surface area contributed by atoms with E-state index in [-0.39, 0.29) is 11.6 Å². The first kappa shape index (κ1) is 12.8. The molecule has 1 aromatic rings. The number of hydrogen-bond acceptors (Lipinski definition) is 4. The van der Waals surface area contributed by atoms with Crippen molar-refractivity contribution >= 4 is 23.6 Å². The summed E-state index contributed by atoms with van der Waals surface area (Å²) in [5, 5.41) is 2.41. The van der Waals surface area contributed by atoms with Crippen LogP contribution in [0.5, 0.6) is 0 Å². The number of carbonyl (C=O) groups excluding carboxylic acids is 2. The molecule has 0 unspecified atom stereocenters. The van der Waals surface area contributed by atoms with Crippen molar-refractivity contribution in [2.45, 2.75) is 6.92 Å². The number of amides is 1. The number of nitrogen functional groups attached to an aromatic ring is 1. The molecule has 1 amide bonds. The maximum absolute atomic E-state index is 11.4. The Hall–Kier alpha value is -2.30. The quantitative estimate of drug-likeness (QED) is 0.463. The van der Waals surface area contributed by atoms with Gasteiger partial charge in [0.1, 0.15) is 5.70 Å². The highest BCUT2D eigenvalue weighted by molar-refractivity contribution is 5.97. The van der Waals surface area contributed by atoms with Crippen molar-refractivity contribution in [2.75, 3.05) is 12.8 Å². The number of methoxy groups -OCH3 is 1. The molecule has 0 aromatic heterocycles. The summed E-state index contributed by atoms with van der Waals surface area (Å²) in [4.78, 5) is 22.3. The van der Waals surface area contributed by atoms with E-state index < -0.39 is 5.97 Å². The third-order valence-electron chi connectivity index (χ3n) is 1.94. The second-order valence-electron chi connectivity index (χ2n) is 3.40. The number of ether oxygens (including phenoxy) is 1. The fraction of sp³-hybridized carbons (Fsp3) is 0.167. The van der Waals surface area contributed by atoms with E-state index in [0.29, 0.717) is 11.3 Å². The summed E-state index contributed by atoms with van der Waals surface area (Å²) in [5.41, 5.74) is 6.97. The predicted octanol–water partition coefficient (Wildman–Crippen LogP) is 0.919. The average Bonchev–Trinajstić information content (AvgIpc) is 2.26. The van der Waals surface area contributed by atoms with Gasteiger partial charge in [0.25, 0.3) is 0 Å². The highest BCUT2D eigenvalue weighted by Crippen LogP contribution is 2.10. The number of nitrogens with two attached hydrogens (primary N) is 1. The highest BCUT2D eigenvalue weighted by Gasteiger charge is 2.10. The molecule has 0 atom stereocenters. The molecular formula is C12H14N2O3. The van der Waals surface area contributed by atoms with E-state index in [4.69, 9.17) is 5.73 Å². The van der Waals surface area contributed by atoms with Crippen LogP contribution in [0, 0.1) is 0 Å². The van der Waals surface area contributed by atoms with E-state index in [1.165, 1.54) is 20.1 Å². The van der Waals surface area contributed by atoms with Gasteiger partial charge >= 0.3 is 5.97 Å². The van der Waals surface area contributed by atoms with Crippen molar-refractivity contribution < 1.29 is 14.3 Å². The van der Waals surface area contributed by atoms with Gasteiger partial charge in [0.15, 0.2) is 0 Å². The van der Waals surface area contributed by atoms with Crippen LogP contribution >= 0.6 is 0 Å².